The lowest BCUT2D eigenvalue weighted by Gasteiger charge is -2.19. The Hall–Kier alpha value is -2.39. The van der Waals surface area contributed by atoms with Crippen molar-refractivity contribution < 1.29 is 0 Å². The first-order chi connectivity index (χ1) is 12.2. The quantitative estimate of drug-likeness (QED) is 0.654. The fourth-order valence-corrected chi connectivity index (χ4v) is 3.33. The van der Waals surface area contributed by atoms with E-state index in [0.717, 1.165) is 43.4 Å². The zero-order valence-corrected chi connectivity index (χ0v) is 15.1. The van der Waals surface area contributed by atoms with Crippen molar-refractivity contribution in [1.82, 2.24) is 9.47 Å². The third-order valence-corrected chi connectivity index (χ3v) is 4.86. The summed E-state index contributed by atoms with van der Waals surface area (Å²) in [7, 11) is 0. The fraction of sp³-hybridized carbons (Fsp3) is 0.318. The molecule has 3 rings (SSSR count). The van der Waals surface area contributed by atoms with Crippen molar-refractivity contribution >= 4 is 10.8 Å². The molecule has 25 heavy (non-hydrogen) atoms. The van der Waals surface area contributed by atoms with Crippen molar-refractivity contribution in [1.29, 1.82) is 0 Å². The molecule has 0 saturated carbocycles. The van der Waals surface area contributed by atoms with Crippen LogP contribution in [0.25, 0.3) is 10.8 Å². The van der Waals surface area contributed by atoms with Gasteiger partial charge < -0.3 is 9.47 Å². The van der Waals surface area contributed by atoms with E-state index in [2.05, 4.69) is 55.3 Å². The molecule has 1 aromatic heterocycles. The lowest BCUT2D eigenvalue weighted by Crippen LogP contribution is -2.31. The molecule has 0 fully saturated rings. The van der Waals surface area contributed by atoms with Crippen molar-refractivity contribution in [2.75, 3.05) is 19.6 Å². The SMILES string of the molecule is CCN(CC)CCn1cc(Cc2ccccc2)c2ccccc2c1=O. The van der Waals surface area contributed by atoms with Gasteiger partial charge in [0, 0.05) is 24.7 Å². The molecule has 0 aliphatic rings. The van der Waals surface area contributed by atoms with Gasteiger partial charge in [0.1, 0.15) is 0 Å². The Morgan fingerprint density at radius 2 is 1.52 bits per heavy atom. The van der Waals surface area contributed by atoms with Crippen molar-refractivity contribution in [3.8, 4) is 0 Å². The first kappa shape index (κ1) is 17.4. The van der Waals surface area contributed by atoms with Crippen LogP contribution in [0.15, 0.2) is 65.6 Å². The van der Waals surface area contributed by atoms with Crippen LogP contribution in [0.5, 0.6) is 0 Å². The van der Waals surface area contributed by atoms with E-state index in [4.69, 9.17) is 0 Å². The third kappa shape index (κ3) is 3.99. The predicted molar refractivity (Wildman–Crippen MR) is 105 cm³/mol. The van der Waals surface area contributed by atoms with Gasteiger partial charge in [0.05, 0.1) is 0 Å². The van der Waals surface area contributed by atoms with Gasteiger partial charge in [-0.2, -0.15) is 0 Å². The van der Waals surface area contributed by atoms with Gasteiger partial charge in [-0.3, -0.25) is 4.79 Å². The van der Waals surface area contributed by atoms with Crippen LogP contribution in [0.2, 0.25) is 0 Å². The van der Waals surface area contributed by atoms with Crippen LogP contribution in [0.3, 0.4) is 0 Å². The molecule has 3 aromatic rings. The topological polar surface area (TPSA) is 25.2 Å². The van der Waals surface area contributed by atoms with E-state index in [-0.39, 0.29) is 5.56 Å². The summed E-state index contributed by atoms with van der Waals surface area (Å²) in [4.78, 5) is 15.2. The summed E-state index contributed by atoms with van der Waals surface area (Å²) in [6.07, 6.45) is 2.90. The maximum Gasteiger partial charge on any atom is 0.258 e. The lowest BCUT2D eigenvalue weighted by atomic mass is 10.0. The number of hydrogen-bond acceptors (Lipinski definition) is 2. The van der Waals surface area contributed by atoms with Gasteiger partial charge in [-0.15, -0.1) is 0 Å². The van der Waals surface area contributed by atoms with Crippen LogP contribution < -0.4 is 5.56 Å². The standard InChI is InChI=1S/C22H26N2O/c1-3-23(4-2)14-15-24-17-19(16-18-10-6-5-7-11-18)20-12-8-9-13-21(20)22(24)25/h5-13,17H,3-4,14-16H2,1-2H3. The Morgan fingerprint density at radius 1 is 0.880 bits per heavy atom. The van der Waals surface area contributed by atoms with Crippen LogP contribution >= 0.6 is 0 Å². The lowest BCUT2D eigenvalue weighted by molar-refractivity contribution is 0.289. The minimum atomic E-state index is 0.111. The zero-order chi connectivity index (χ0) is 17.6. The van der Waals surface area contributed by atoms with Crippen LogP contribution in [0.1, 0.15) is 25.0 Å². The second-order valence-electron chi connectivity index (χ2n) is 6.39. The second kappa shape index (κ2) is 8.13. The van der Waals surface area contributed by atoms with Gasteiger partial charge in [0.25, 0.3) is 5.56 Å². The largest absolute Gasteiger partial charge is 0.313 e. The summed E-state index contributed by atoms with van der Waals surface area (Å²) in [5.41, 5.74) is 2.59. The van der Waals surface area contributed by atoms with Crippen LogP contribution in [0.4, 0.5) is 0 Å². The van der Waals surface area contributed by atoms with Gasteiger partial charge in [-0.1, -0.05) is 62.4 Å². The molecular formula is C22H26N2O. The van der Waals surface area contributed by atoms with Crippen LogP contribution in [-0.2, 0) is 13.0 Å². The van der Waals surface area contributed by atoms with Crippen molar-refractivity contribution in [3.05, 3.63) is 82.3 Å². The molecule has 0 spiro atoms. The molecule has 0 amide bonds. The maximum atomic E-state index is 12.9. The number of benzene rings is 2. The van der Waals surface area contributed by atoms with Gasteiger partial charge in [0.2, 0.25) is 0 Å². The van der Waals surface area contributed by atoms with Crippen LogP contribution in [0, 0.1) is 0 Å². The van der Waals surface area contributed by atoms with Gasteiger partial charge >= 0.3 is 0 Å². The molecule has 130 valence electrons. The highest BCUT2D eigenvalue weighted by molar-refractivity contribution is 5.85. The Bertz CT molecular complexity index is 879. The summed E-state index contributed by atoms with van der Waals surface area (Å²) in [5.74, 6) is 0. The van der Waals surface area contributed by atoms with Crippen molar-refractivity contribution in [3.63, 3.8) is 0 Å². The molecule has 0 aliphatic heterocycles. The summed E-state index contributed by atoms with van der Waals surface area (Å²) >= 11 is 0. The molecule has 0 bridgehead atoms. The Labute approximate surface area is 149 Å². The number of hydrogen-bond donors (Lipinski definition) is 0. The Balaban J connectivity index is 2.00. The molecule has 0 saturated heterocycles. The summed E-state index contributed by atoms with van der Waals surface area (Å²) in [6, 6.07) is 18.4. The number of likely N-dealkylation sites (N-methyl/N-ethyl adjacent to an activating group) is 1. The Morgan fingerprint density at radius 3 is 2.20 bits per heavy atom. The van der Waals surface area contributed by atoms with E-state index in [1.165, 1.54) is 11.1 Å². The molecule has 0 aliphatic carbocycles. The fourth-order valence-electron chi connectivity index (χ4n) is 3.33. The van der Waals surface area contributed by atoms with Gasteiger partial charge in [-0.25, -0.2) is 0 Å². The minimum Gasteiger partial charge on any atom is -0.313 e. The third-order valence-electron chi connectivity index (χ3n) is 4.86. The molecule has 0 radical (unpaired) electrons. The highest BCUT2D eigenvalue weighted by Crippen LogP contribution is 2.19. The van der Waals surface area contributed by atoms with E-state index in [1.807, 2.05) is 28.8 Å². The highest BCUT2D eigenvalue weighted by Gasteiger charge is 2.10. The number of nitrogens with zero attached hydrogens (tertiary/aromatic N) is 2. The summed E-state index contributed by atoms with van der Waals surface area (Å²) < 4.78 is 1.89. The van der Waals surface area contributed by atoms with E-state index in [0.29, 0.717) is 0 Å². The molecule has 0 unspecified atom stereocenters. The molecule has 3 nitrogen and oxygen atoms in total. The number of aromatic nitrogens is 1. The number of rotatable bonds is 7. The normalized spacial score (nSPS) is 11.3. The molecule has 2 aromatic carbocycles. The summed E-state index contributed by atoms with van der Waals surface area (Å²) in [6.45, 7) is 7.97. The summed E-state index contributed by atoms with van der Waals surface area (Å²) in [5, 5.41) is 1.88. The van der Waals surface area contributed by atoms with Crippen LogP contribution in [-0.4, -0.2) is 29.1 Å². The average molecular weight is 334 g/mol. The smallest absolute Gasteiger partial charge is 0.258 e. The van der Waals surface area contributed by atoms with Gasteiger partial charge in [-0.05, 0) is 42.1 Å². The van der Waals surface area contributed by atoms with E-state index in [9.17, 15) is 4.79 Å². The highest BCUT2D eigenvalue weighted by atomic mass is 16.1. The number of fused-ring (bicyclic) bond motifs is 1. The van der Waals surface area contributed by atoms with E-state index < -0.39 is 0 Å². The Kier molecular flexibility index (Phi) is 5.67. The van der Waals surface area contributed by atoms with E-state index >= 15 is 0 Å². The maximum absolute atomic E-state index is 12.9. The van der Waals surface area contributed by atoms with Crippen molar-refractivity contribution in [2.24, 2.45) is 0 Å². The van der Waals surface area contributed by atoms with E-state index in [1.54, 1.807) is 0 Å². The molecule has 0 N–H and O–H groups in total. The monoisotopic (exact) mass is 334 g/mol. The first-order valence-electron chi connectivity index (χ1n) is 9.10. The molecule has 3 heteroatoms. The molecular weight excluding hydrogens is 308 g/mol. The molecule has 1 heterocycles. The minimum absolute atomic E-state index is 0.111. The second-order valence-corrected chi connectivity index (χ2v) is 6.39. The zero-order valence-electron chi connectivity index (χ0n) is 15.1. The van der Waals surface area contributed by atoms with Gasteiger partial charge in [0.15, 0.2) is 0 Å². The first-order valence-corrected chi connectivity index (χ1v) is 9.10. The average Bonchev–Trinajstić information content (AvgIpc) is 2.66. The van der Waals surface area contributed by atoms with Crippen molar-refractivity contribution in [2.45, 2.75) is 26.8 Å². The predicted octanol–water partition coefficient (Wildman–Crippen LogP) is 3.93. The molecule has 0 atom stereocenters. The number of pyridine rings is 1.